The maximum atomic E-state index is 12.9. The molecule has 3 aromatic rings. The number of piperidine rings is 1. The van der Waals surface area contributed by atoms with Crippen LogP contribution in [0, 0.1) is 0 Å². The fourth-order valence-corrected chi connectivity index (χ4v) is 5.86. The van der Waals surface area contributed by atoms with Crippen LogP contribution >= 0.6 is 0 Å². The molecule has 4 rings (SSSR count). The molecule has 1 saturated heterocycles. The molecule has 1 N–H and O–H groups in total. The summed E-state index contributed by atoms with van der Waals surface area (Å²) in [5.41, 5.74) is 0.108. The highest BCUT2D eigenvalue weighted by Gasteiger charge is 2.26. The largest absolute Gasteiger partial charge is 0.350 e. The number of nitrogens with one attached hydrogen (secondary N) is 1. The molecule has 2 aromatic carbocycles. The second-order valence-corrected chi connectivity index (χ2v) is 10.3. The Bertz CT molecular complexity index is 1440. The van der Waals surface area contributed by atoms with Gasteiger partial charge in [-0.1, -0.05) is 30.7 Å². The van der Waals surface area contributed by atoms with Crippen molar-refractivity contribution in [1.82, 2.24) is 18.8 Å². The summed E-state index contributed by atoms with van der Waals surface area (Å²) in [6, 6.07) is 13.2. The fourth-order valence-electron chi connectivity index (χ4n) is 4.27. The zero-order valence-corrected chi connectivity index (χ0v) is 19.9. The van der Waals surface area contributed by atoms with Gasteiger partial charge in [-0.3, -0.25) is 18.7 Å². The van der Waals surface area contributed by atoms with Gasteiger partial charge >= 0.3 is 5.69 Å². The topological polar surface area (TPSA) is 110 Å². The van der Waals surface area contributed by atoms with E-state index in [0.717, 1.165) is 23.8 Å². The molecule has 0 unspecified atom stereocenters. The lowest BCUT2D eigenvalue weighted by Crippen LogP contribution is -2.42. The number of fused-ring (bicyclic) bond motifs is 1. The van der Waals surface area contributed by atoms with Crippen molar-refractivity contribution < 1.29 is 13.2 Å². The molecule has 2 heterocycles. The number of amides is 1. The SMILES string of the molecule is CCn1c(=O)c2ccccc2n(CC(=O)NCc2cccc(S(=O)(=O)N3CCCCC3)c2)c1=O. The first-order valence-corrected chi connectivity index (χ1v) is 12.8. The van der Waals surface area contributed by atoms with Crippen LogP contribution in [-0.2, 0) is 34.5 Å². The number of hydrogen-bond donors (Lipinski definition) is 1. The molecule has 10 heteroatoms. The van der Waals surface area contributed by atoms with Gasteiger partial charge in [-0.2, -0.15) is 4.31 Å². The van der Waals surface area contributed by atoms with E-state index in [4.69, 9.17) is 0 Å². The van der Waals surface area contributed by atoms with E-state index in [9.17, 15) is 22.8 Å². The average Bonchev–Trinajstić information content (AvgIpc) is 2.86. The molecular formula is C24H28N4O5S. The first-order chi connectivity index (χ1) is 16.3. The van der Waals surface area contributed by atoms with E-state index in [2.05, 4.69) is 5.32 Å². The smallest absolute Gasteiger partial charge is 0.331 e. The summed E-state index contributed by atoms with van der Waals surface area (Å²) in [6.45, 7) is 2.79. The van der Waals surface area contributed by atoms with E-state index in [-0.39, 0.29) is 30.1 Å². The van der Waals surface area contributed by atoms with Crippen molar-refractivity contribution in [3.05, 3.63) is 74.9 Å². The van der Waals surface area contributed by atoms with Crippen LogP contribution in [-0.4, -0.2) is 40.9 Å². The van der Waals surface area contributed by atoms with E-state index in [1.54, 1.807) is 55.5 Å². The lowest BCUT2D eigenvalue weighted by molar-refractivity contribution is -0.121. The van der Waals surface area contributed by atoms with Crippen LogP contribution in [0.2, 0.25) is 0 Å². The zero-order valence-electron chi connectivity index (χ0n) is 19.1. The number of sulfonamides is 1. The number of carbonyl (C=O) groups is 1. The van der Waals surface area contributed by atoms with Gasteiger partial charge in [-0.05, 0) is 49.6 Å². The molecule has 0 spiro atoms. The highest BCUT2D eigenvalue weighted by molar-refractivity contribution is 7.89. The highest BCUT2D eigenvalue weighted by Crippen LogP contribution is 2.21. The van der Waals surface area contributed by atoms with Gasteiger partial charge in [-0.15, -0.1) is 0 Å². The van der Waals surface area contributed by atoms with Crippen LogP contribution in [0.4, 0.5) is 0 Å². The molecule has 1 fully saturated rings. The lowest BCUT2D eigenvalue weighted by Gasteiger charge is -2.26. The molecule has 34 heavy (non-hydrogen) atoms. The summed E-state index contributed by atoms with van der Waals surface area (Å²) < 4.78 is 29.8. The third-order valence-corrected chi connectivity index (χ3v) is 7.99. The van der Waals surface area contributed by atoms with Crippen LogP contribution in [0.1, 0.15) is 31.7 Å². The van der Waals surface area contributed by atoms with Gasteiger partial charge in [0.15, 0.2) is 0 Å². The Morgan fingerprint density at radius 3 is 2.44 bits per heavy atom. The highest BCUT2D eigenvalue weighted by atomic mass is 32.2. The van der Waals surface area contributed by atoms with Crippen LogP contribution in [0.5, 0.6) is 0 Å². The first-order valence-electron chi connectivity index (χ1n) is 11.4. The zero-order chi connectivity index (χ0) is 24.3. The molecule has 0 radical (unpaired) electrons. The maximum absolute atomic E-state index is 12.9. The van der Waals surface area contributed by atoms with Gasteiger partial charge in [-0.25, -0.2) is 13.2 Å². The van der Waals surface area contributed by atoms with Crippen molar-refractivity contribution in [2.24, 2.45) is 0 Å². The van der Waals surface area contributed by atoms with Gasteiger partial charge in [0.1, 0.15) is 6.54 Å². The minimum Gasteiger partial charge on any atom is -0.350 e. The Hall–Kier alpha value is -3.24. The normalized spacial score (nSPS) is 14.9. The standard InChI is InChI=1S/C24H28N4O5S/c1-2-27-23(30)20-11-4-5-12-21(20)28(24(27)31)17-22(29)25-16-18-9-8-10-19(15-18)34(32,33)26-13-6-3-7-14-26/h4-5,8-12,15H,2-3,6-7,13-14,16-17H2,1H3,(H,25,29). The van der Waals surface area contributed by atoms with Crippen LogP contribution in [0.15, 0.2) is 63.0 Å². The van der Waals surface area contributed by atoms with Gasteiger partial charge in [0.05, 0.1) is 15.8 Å². The van der Waals surface area contributed by atoms with Crippen molar-refractivity contribution in [3.8, 4) is 0 Å². The molecular weight excluding hydrogens is 456 g/mol. The molecule has 1 amide bonds. The van der Waals surface area contributed by atoms with Gasteiger partial charge in [0.2, 0.25) is 15.9 Å². The molecule has 9 nitrogen and oxygen atoms in total. The van der Waals surface area contributed by atoms with Crippen LogP contribution < -0.4 is 16.6 Å². The summed E-state index contributed by atoms with van der Waals surface area (Å²) in [5.74, 6) is -0.419. The second-order valence-electron chi connectivity index (χ2n) is 8.32. The van der Waals surface area contributed by atoms with E-state index in [1.165, 1.54) is 8.87 Å². The summed E-state index contributed by atoms with van der Waals surface area (Å²) in [4.78, 5) is 38.3. The third-order valence-electron chi connectivity index (χ3n) is 6.09. The molecule has 1 aliphatic heterocycles. The second kappa shape index (κ2) is 9.94. The molecule has 0 bridgehead atoms. The third kappa shape index (κ3) is 4.69. The number of carbonyl (C=O) groups excluding carboxylic acids is 1. The number of nitrogens with zero attached hydrogens (tertiary/aromatic N) is 3. The summed E-state index contributed by atoms with van der Waals surface area (Å²) in [5, 5.41) is 3.12. The van der Waals surface area contributed by atoms with Crippen LogP contribution in [0.25, 0.3) is 10.9 Å². The van der Waals surface area contributed by atoms with Crippen molar-refractivity contribution in [2.75, 3.05) is 13.1 Å². The molecule has 1 aliphatic rings. The van der Waals surface area contributed by atoms with Gasteiger partial charge in [0, 0.05) is 26.2 Å². The quantitative estimate of drug-likeness (QED) is 0.549. The Morgan fingerprint density at radius 1 is 0.971 bits per heavy atom. The minimum atomic E-state index is -3.57. The first kappa shape index (κ1) is 23.9. The Kier molecular flexibility index (Phi) is 6.99. The predicted molar refractivity (Wildman–Crippen MR) is 129 cm³/mol. The van der Waals surface area contributed by atoms with Crippen LogP contribution in [0.3, 0.4) is 0 Å². The van der Waals surface area contributed by atoms with Crippen molar-refractivity contribution in [1.29, 1.82) is 0 Å². The van der Waals surface area contributed by atoms with E-state index in [1.807, 2.05) is 0 Å². The average molecular weight is 485 g/mol. The monoisotopic (exact) mass is 484 g/mol. The summed E-state index contributed by atoms with van der Waals surface area (Å²) >= 11 is 0. The summed E-state index contributed by atoms with van der Waals surface area (Å²) in [6.07, 6.45) is 2.75. The van der Waals surface area contributed by atoms with Gasteiger partial charge in [0.25, 0.3) is 5.56 Å². The van der Waals surface area contributed by atoms with Crippen molar-refractivity contribution >= 4 is 26.8 Å². The molecule has 180 valence electrons. The fraction of sp³-hybridized carbons (Fsp3) is 0.375. The Labute approximate surface area is 197 Å². The number of aromatic nitrogens is 2. The minimum absolute atomic E-state index is 0.113. The van der Waals surface area contributed by atoms with E-state index < -0.39 is 21.6 Å². The van der Waals surface area contributed by atoms with Gasteiger partial charge < -0.3 is 5.32 Å². The summed E-state index contributed by atoms with van der Waals surface area (Å²) in [7, 11) is -3.57. The van der Waals surface area contributed by atoms with E-state index >= 15 is 0 Å². The van der Waals surface area contributed by atoms with E-state index in [0.29, 0.717) is 29.6 Å². The molecule has 1 aromatic heterocycles. The molecule has 0 saturated carbocycles. The number of para-hydroxylation sites is 1. The maximum Gasteiger partial charge on any atom is 0.331 e. The Morgan fingerprint density at radius 2 is 1.71 bits per heavy atom. The van der Waals surface area contributed by atoms with Crippen molar-refractivity contribution in [2.45, 2.75) is 50.7 Å². The Balaban J connectivity index is 1.52. The number of rotatable bonds is 7. The number of hydrogen-bond acceptors (Lipinski definition) is 5. The van der Waals surface area contributed by atoms with Crippen molar-refractivity contribution in [3.63, 3.8) is 0 Å². The lowest BCUT2D eigenvalue weighted by atomic mass is 10.2. The molecule has 0 atom stereocenters. The molecule has 0 aliphatic carbocycles. The number of benzene rings is 2. The predicted octanol–water partition coefficient (Wildman–Crippen LogP) is 1.67.